The SMILES string of the molecule is O=C(O)CCc1ccc(OP(=O)(O)O)c([N+](=O)[O-])c1. The predicted octanol–water partition coefficient (Wildman–Crippen LogP) is 1.08. The van der Waals surface area contributed by atoms with Crippen molar-refractivity contribution in [3.8, 4) is 5.75 Å². The summed E-state index contributed by atoms with van der Waals surface area (Å²) >= 11 is 0. The van der Waals surface area contributed by atoms with Gasteiger partial charge >= 0.3 is 19.5 Å². The number of carbonyl (C=O) groups is 1. The maximum absolute atomic E-state index is 10.8. The normalized spacial score (nSPS) is 11.1. The van der Waals surface area contributed by atoms with Gasteiger partial charge in [-0.25, -0.2) is 4.57 Å². The molecule has 104 valence electrons. The largest absolute Gasteiger partial charge is 0.525 e. The number of rotatable bonds is 6. The van der Waals surface area contributed by atoms with E-state index in [0.29, 0.717) is 5.56 Å². The van der Waals surface area contributed by atoms with Crippen LogP contribution in [0.3, 0.4) is 0 Å². The van der Waals surface area contributed by atoms with Crippen molar-refractivity contribution in [1.29, 1.82) is 0 Å². The maximum Gasteiger partial charge on any atom is 0.525 e. The van der Waals surface area contributed by atoms with Crippen molar-refractivity contribution in [3.05, 3.63) is 33.9 Å². The number of aryl methyl sites for hydroxylation is 1. The molecule has 1 aromatic rings. The van der Waals surface area contributed by atoms with Crippen molar-refractivity contribution in [3.63, 3.8) is 0 Å². The zero-order valence-corrected chi connectivity index (χ0v) is 10.3. The fourth-order valence-corrected chi connectivity index (χ4v) is 1.73. The van der Waals surface area contributed by atoms with Crippen LogP contribution in [-0.4, -0.2) is 25.8 Å². The van der Waals surface area contributed by atoms with E-state index in [1.54, 1.807) is 0 Å². The number of hydrogen-bond acceptors (Lipinski definition) is 5. The van der Waals surface area contributed by atoms with Gasteiger partial charge in [0.05, 0.1) is 4.92 Å². The molecule has 0 heterocycles. The van der Waals surface area contributed by atoms with E-state index in [-0.39, 0.29) is 12.8 Å². The minimum Gasteiger partial charge on any atom is -0.481 e. The van der Waals surface area contributed by atoms with E-state index in [1.807, 2.05) is 0 Å². The lowest BCUT2D eigenvalue weighted by Crippen LogP contribution is -2.00. The Bertz CT molecular complexity index is 551. The van der Waals surface area contributed by atoms with Crippen LogP contribution in [0.15, 0.2) is 18.2 Å². The quantitative estimate of drug-likeness (QED) is 0.400. The summed E-state index contributed by atoms with van der Waals surface area (Å²) in [5.74, 6) is -1.63. The van der Waals surface area contributed by atoms with Crippen molar-refractivity contribution in [1.82, 2.24) is 0 Å². The standard InChI is InChI=1S/C9H10NO8P/c11-9(12)4-2-6-1-3-8(18-19(15,16)17)7(5-6)10(13)14/h1,3,5H,2,4H2,(H,11,12)(H2,15,16,17). The van der Waals surface area contributed by atoms with Gasteiger partial charge in [0, 0.05) is 12.5 Å². The van der Waals surface area contributed by atoms with Gasteiger partial charge in [-0.2, -0.15) is 0 Å². The average molecular weight is 291 g/mol. The third-order valence-corrected chi connectivity index (χ3v) is 2.50. The Balaban J connectivity index is 3.04. The molecule has 0 unspecified atom stereocenters. The Kier molecular flexibility index (Phi) is 4.60. The summed E-state index contributed by atoms with van der Waals surface area (Å²) in [7, 11) is -4.90. The number of hydrogen-bond donors (Lipinski definition) is 3. The number of nitrogens with zero attached hydrogens (tertiary/aromatic N) is 1. The van der Waals surface area contributed by atoms with E-state index in [9.17, 15) is 19.5 Å². The molecule has 0 amide bonds. The molecule has 0 aliphatic rings. The van der Waals surface area contributed by atoms with E-state index in [1.165, 1.54) is 6.07 Å². The molecule has 0 saturated heterocycles. The fraction of sp³-hybridized carbons (Fsp3) is 0.222. The van der Waals surface area contributed by atoms with Gasteiger partial charge in [0.15, 0.2) is 0 Å². The lowest BCUT2D eigenvalue weighted by atomic mass is 10.1. The highest BCUT2D eigenvalue weighted by atomic mass is 31.2. The average Bonchev–Trinajstić information content (AvgIpc) is 2.25. The van der Waals surface area contributed by atoms with E-state index in [0.717, 1.165) is 12.1 Å². The van der Waals surface area contributed by atoms with Gasteiger partial charge in [-0.1, -0.05) is 6.07 Å². The van der Waals surface area contributed by atoms with Crippen LogP contribution in [0.5, 0.6) is 5.75 Å². The molecule has 0 atom stereocenters. The summed E-state index contributed by atoms with van der Waals surface area (Å²) in [5.41, 5.74) is -0.279. The number of aliphatic carboxylic acids is 1. The molecule has 10 heteroatoms. The summed E-state index contributed by atoms with van der Waals surface area (Å²) in [6, 6.07) is 3.35. The van der Waals surface area contributed by atoms with E-state index >= 15 is 0 Å². The second-order valence-corrected chi connectivity index (χ2v) is 4.70. The Hall–Kier alpha value is -1.96. The minimum atomic E-state index is -4.90. The third kappa shape index (κ3) is 5.04. The van der Waals surface area contributed by atoms with Crippen molar-refractivity contribution >= 4 is 19.5 Å². The Labute approximate surface area is 106 Å². The lowest BCUT2D eigenvalue weighted by molar-refractivity contribution is -0.385. The molecule has 0 fully saturated rings. The molecule has 9 nitrogen and oxygen atoms in total. The zero-order valence-electron chi connectivity index (χ0n) is 9.42. The van der Waals surface area contributed by atoms with Crippen molar-refractivity contribution in [2.24, 2.45) is 0 Å². The maximum atomic E-state index is 10.8. The molecule has 19 heavy (non-hydrogen) atoms. The van der Waals surface area contributed by atoms with Crippen LogP contribution in [0.2, 0.25) is 0 Å². The summed E-state index contributed by atoms with van der Waals surface area (Å²) in [4.78, 5) is 37.5. The first-order valence-electron chi connectivity index (χ1n) is 4.93. The first-order chi connectivity index (χ1) is 8.69. The van der Waals surface area contributed by atoms with Crippen LogP contribution >= 0.6 is 7.82 Å². The molecule has 0 aliphatic heterocycles. The van der Waals surface area contributed by atoms with Gasteiger partial charge in [0.25, 0.3) is 0 Å². The monoisotopic (exact) mass is 291 g/mol. The number of nitro benzene ring substituents is 1. The molecule has 0 aliphatic carbocycles. The van der Waals surface area contributed by atoms with Crippen LogP contribution in [0.25, 0.3) is 0 Å². The van der Waals surface area contributed by atoms with Crippen LogP contribution in [0, 0.1) is 10.1 Å². The second kappa shape index (κ2) is 5.79. The van der Waals surface area contributed by atoms with Gasteiger partial charge < -0.3 is 9.63 Å². The van der Waals surface area contributed by atoms with E-state index < -0.39 is 30.2 Å². The van der Waals surface area contributed by atoms with Gasteiger partial charge in [0.2, 0.25) is 5.75 Å². The first-order valence-corrected chi connectivity index (χ1v) is 6.46. The predicted molar refractivity (Wildman–Crippen MR) is 61.7 cm³/mol. The molecule has 1 rings (SSSR count). The Morgan fingerprint density at radius 3 is 2.53 bits per heavy atom. The molecule has 1 aromatic carbocycles. The van der Waals surface area contributed by atoms with Crippen molar-refractivity contribution in [2.75, 3.05) is 0 Å². The Morgan fingerprint density at radius 2 is 2.05 bits per heavy atom. The van der Waals surface area contributed by atoms with Gasteiger partial charge in [-0.15, -0.1) is 0 Å². The summed E-state index contributed by atoms with van der Waals surface area (Å²) in [5, 5.41) is 19.3. The van der Waals surface area contributed by atoms with Gasteiger partial charge in [-0.05, 0) is 18.1 Å². The molecular weight excluding hydrogens is 281 g/mol. The fourth-order valence-electron chi connectivity index (χ4n) is 1.32. The van der Waals surface area contributed by atoms with E-state index in [2.05, 4.69) is 4.52 Å². The number of carboxylic acids is 1. The first kappa shape index (κ1) is 15.1. The molecule has 0 radical (unpaired) electrons. The number of phosphoric acid groups is 1. The van der Waals surface area contributed by atoms with Crippen LogP contribution < -0.4 is 4.52 Å². The summed E-state index contributed by atoms with van der Waals surface area (Å²) in [6.45, 7) is 0. The molecule has 0 aromatic heterocycles. The molecule has 0 spiro atoms. The molecule has 0 bridgehead atoms. The van der Waals surface area contributed by atoms with Gasteiger partial charge in [-0.3, -0.25) is 24.7 Å². The summed E-state index contributed by atoms with van der Waals surface area (Å²) in [6.07, 6.45) is -0.151. The molecular formula is C9H10NO8P. The van der Waals surface area contributed by atoms with Gasteiger partial charge in [0.1, 0.15) is 0 Å². The summed E-state index contributed by atoms with van der Waals surface area (Å²) < 4.78 is 14.8. The molecule has 0 saturated carbocycles. The van der Waals surface area contributed by atoms with Crippen molar-refractivity contribution in [2.45, 2.75) is 12.8 Å². The van der Waals surface area contributed by atoms with Crippen molar-refractivity contribution < 1.29 is 33.7 Å². The highest BCUT2D eigenvalue weighted by molar-refractivity contribution is 7.46. The lowest BCUT2D eigenvalue weighted by Gasteiger charge is -2.08. The Morgan fingerprint density at radius 1 is 1.42 bits per heavy atom. The number of carboxylic acid groups (broad SMARTS) is 1. The topological polar surface area (TPSA) is 147 Å². The highest BCUT2D eigenvalue weighted by Gasteiger charge is 2.24. The number of benzene rings is 1. The van der Waals surface area contributed by atoms with Crippen LogP contribution in [-0.2, 0) is 15.8 Å². The third-order valence-electron chi connectivity index (χ3n) is 2.06. The second-order valence-electron chi connectivity index (χ2n) is 3.53. The zero-order chi connectivity index (χ0) is 14.6. The molecule has 3 N–H and O–H groups in total. The van der Waals surface area contributed by atoms with Crippen LogP contribution in [0.1, 0.15) is 12.0 Å². The minimum absolute atomic E-state index is 0.0619. The smallest absolute Gasteiger partial charge is 0.481 e. The highest BCUT2D eigenvalue weighted by Crippen LogP contribution is 2.41. The van der Waals surface area contributed by atoms with Crippen LogP contribution in [0.4, 0.5) is 5.69 Å². The number of nitro groups is 1. The number of phosphoric ester groups is 1. The van der Waals surface area contributed by atoms with E-state index in [4.69, 9.17) is 14.9 Å².